The van der Waals surface area contributed by atoms with Crippen molar-refractivity contribution in [2.45, 2.75) is 13.5 Å². The van der Waals surface area contributed by atoms with E-state index in [0.29, 0.717) is 11.3 Å². The van der Waals surface area contributed by atoms with Crippen molar-refractivity contribution in [3.63, 3.8) is 0 Å². The van der Waals surface area contributed by atoms with E-state index in [9.17, 15) is 9.59 Å². The highest BCUT2D eigenvalue weighted by molar-refractivity contribution is 7.18. The van der Waals surface area contributed by atoms with Gasteiger partial charge in [0.1, 0.15) is 10.7 Å². The number of pyridine rings is 1. The van der Waals surface area contributed by atoms with Crippen molar-refractivity contribution in [1.29, 1.82) is 0 Å². The van der Waals surface area contributed by atoms with E-state index in [-0.39, 0.29) is 24.6 Å². The Balaban J connectivity index is 1.50. The summed E-state index contributed by atoms with van der Waals surface area (Å²) in [6.45, 7) is 2.48. The number of rotatable bonds is 6. The number of amides is 1. The van der Waals surface area contributed by atoms with Crippen molar-refractivity contribution in [3.8, 4) is 21.1 Å². The van der Waals surface area contributed by atoms with Crippen molar-refractivity contribution < 1.29 is 4.79 Å². The molecule has 1 N–H and O–H groups in total. The summed E-state index contributed by atoms with van der Waals surface area (Å²) in [6.07, 6.45) is 3.10. The van der Waals surface area contributed by atoms with Crippen LogP contribution in [0.15, 0.2) is 71.8 Å². The van der Waals surface area contributed by atoms with E-state index in [1.807, 2.05) is 37.3 Å². The lowest BCUT2D eigenvalue weighted by Gasteiger charge is -2.08. The van der Waals surface area contributed by atoms with Crippen LogP contribution in [0.2, 0.25) is 0 Å². The number of aromatic nitrogens is 4. The molecular formula is C22H19N5O2S. The van der Waals surface area contributed by atoms with Crippen LogP contribution < -0.4 is 10.9 Å². The van der Waals surface area contributed by atoms with Crippen LogP contribution in [0.3, 0.4) is 0 Å². The van der Waals surface area contributed by atoms with Crippen LogP contribution in [0.4, 0.5) is 0 Å². The van der Waals surface area contributed by atoms with Gasteiger partial charge in [-0.25, -0.2) is 9.67 Å². The maximum absolute atomic E-state index is 12.2. The molecule has 0 aliphatic rings. The van der Waals surface area contributed by atoms with Gasteiger partial charge >= 0.3 is 0 Å². The first-order chi connectivity index (χ1) is 14.6. The number of benzene rings is 1. The van der Waals surface area contributed by atoms with Gasteiger partial charge in [-0.05, 0) is 25.1 Å². The van der Waals surface area contributed by atoms with Gasteiger partial charge in [-0.1, -0.05) is 30.3 Å². The second kappa shape index (κ2) is 8.79. The Morgan fingerprint density at radius 3 is 2.70 bits per heavy atom. The number of hydrogen-bond acceptors (Lipinski definition) is 6. The number of nitrogens with zero attached hydrogens (tertiary/aromatic N) is 4. The molecule has 3 aromatic heterocycles. The average Bonchev–Trinajstić information content (AvgIpc) is 3.18. The number of thiazole rings is 1. The highest BCUT2D eigenvalue weighted by Crippen LogP contribution is 2.33. The topological polar surface area (TPSA) is 89.8 Å². The number of carbonyl (C=O) groups is 1. The zero-order valence-electron chi connectivity index (χ0n) is 16.3. The average molecular weight is 417 g/mol. The van der Waals surface area contributed by atoms with Crippen molar-refractivity contribution in [2.75, 3.05) is 6.54 Å². The van der Waals surface area contributed by atoms with Gasteiger partial charge in [-0.2, -0.15) is 5.10 Å². The Bertz CT molecular complexity index is 1220. The molecule has 150 valence electrons. The summed E-state index contributed by atoms with van der Waals surface area (Å²) in [4.78, 5) is 33.9. The largest absolute Gasteiger partial charge is 0.350 e. The van der Waals surface area contributed by atoms with E-state index in [0.717, 1.165) is 21.1 Å². The van der Waals surface area contributed by atoms with E-state index >= 15 is 0 Å². The van der Waals surface area contributed by atoms with Crippen LogP contribution in [-0.2, 0) is 6.54 Å². The van der Waals surface area contributed by atoms with Crippen LogP contribution in [0, 0.1) is 6.92 Å². The van der Waals surface area contributed by atoms with Gasteiger partial charge in [0.15, 0.2) is 0 Å². The van der Waals surface area contributed by atoms with E-state index < -0.39 is 0 Å². The fourth-order valence-corrected chi connectivity index (χ4v) is 3.98. The third-order valence-corrected chi connectivity index (χ3v) is 5.68. The van der Waals surface area contributed by atoms with E-state index in [4.69, 9.17) is 0 Å². The predicted molar refractivity (Wildman–Crippen MR) is 116 cm³/mol. The van der Waals surface area contributed by atoms with Crippen LogP contribution in [0.1, 0.15) is 16.1 Å². The molecule has 0 spiro atoms. The van der Waals surface area contributed by atoms with Crippen LogP contribution in [0.25, 0.3) is 21.1 Å². The number of aryl methyl sites for hydroxylation is 1. The van der Waals surface area contributed by atoms with Crippen LogP contribution in [-0.4, -0.2) is 32.2 Å². The third-order valence-electron chi connectivity index (χ3n) is 4.45. The van der Waals surface area contributed by atoms with Gasteiger partial charge in [0, 0.05) is 30.6 Å². The highest BCUT2D eigenvalue weighted by atomic mass is 32.1. The highest BCUT2D eigenvalue weighted by Gasteiger charge is 2.14. The molecule has 0 unspecified atom stereocenters. The van der Waals surface area contributed by atoms with Gasteiger partial charge in [0.25, 0.3) is 11.5 Å². The Morgan fingerprint density at radius 2 is 1.93 bits per heavy atom. The molecule has 0 fully saturated rings. The molecule has 0 radical (unpaired) electrons. The quantitative estimate of drug-likeness (QED) is 0.520. The monoisotopic (exact) mass is 417 g/mol. The first kappa shape index (κ1) is 19.7. The molecule has 4 aromatic rings. The molecule has 30 heavy (non-hydrogen) atoms. The summed E-state index contributed by atoms with van der Waals surface area (Å²) < 4.78 is 1.36. The smallest absolute Gasteiger partial charge is 0.266 e. The minimum atomic E-state index is -0.238. The number of hydrogen-bond donors (Lipinski definition) is 1. The lowest BCUT2D eigenvalue weighted by atomic mass is 10.2. The summed E-state index contributed by atoms with van der Waals surface area (Å²) >= 11 is 1.54. The molecule has 0 aliphatic heterocycles. The Kier molecular flexibility index (Phi) is 5.76. The van der Waals surface area contributed by atoms with E-state index in [1.54, 1.807) is 35.7 Å². The SMILES string of the molecule is Cc1nc(-c2ccccc2)sc1-c1ccc(=O)n(CCNC(=O)c2cccnc2)n1. The van der Waals surface area contributed by atoms with Gasteiger partial charge in [0.2, 0.25) is 0 Å². The van der Waals surface area contributed by atoms with Gasteiger partial charge in [-0.15, -0.1) is 11.3 Å². The maximum Gasteiger partial charge on any atom is 0.266 e. The van der Waals surface area contributed by atoms with Crippen LogP contribution >= 0.6 is 11.3 Å². The number of carbonyl (C=O) groups excluding carboxylic acids is 1. The van der Waals surface area contributed by atoms with Crippen LogP contribution in [0.5, 0.6) is 0 Å². The fourth-order valence-electron chi connectivity index (χ4n) is 2.94. The van der Waals surface area contributed by atoms with Crippen molar-refractivity contribution in [2.24, 2.45) is 0 Å². The summed E-state index contributed by atoms with van der Waals surface area (Å²) in [5, 5.41) is 8.18. The molecule has 0 saturated carbocycles. The molecule has 3 heterocycles. The van der Waals surface area contributed by atoms with Gasteiger partial charge in [0.05, 0.1) is 22.7 Å². The van der Waals surface area contributed by atoms with Crippen molar-refractivity contribution in [1.82, 2.24) is 25.1 Å². The first-order valence-electron chi connectivity index (χ1n) is 9.41. The summed E-state index contributed by atoms with van der Waals surface area (Å²) in [7, 11) is 0. The summed E-state index contributed by atoms with van der Waals surface area (Å²) in [6, 6.07) is 16.5. The van der Waals surface area contributed by atoms with Crippen molar-refractivity contribution >= 4 is 17.2 Å². The fraction of sp³-hybridized carbons (Fsp3) is 0.136. The zero-order chi connectivity index (χ0) is 20.9. The first-order valence-corrected chi connectivity index (χ1v) is 10.2. The van der Waals surface area contributed by atoms with E-state index in [1.165, 1.54) is 16.9 Å². The lowest BCUT2D eigenvalue weighted by molar-refractivity contribution is 0.0951. The zero-order valence-corrected chi connectivity index (χ0v) is 17.1. The predicted octanol–water partition coefficient (Wildman–Crippen LogP) is 3.17. The van der Waals surface area contributed by atoms with Crippen molar-refractivity contribution in [3.05, 3.63) is 88.6 Å². The molecule has 1 amide bonds. The Hall–Kier alpha value is -3.65. The molecule has 0 aliphatic carbocycles. The Labute approximate surface area is 177 Å². The third kappa shape index (κ3) is 4.33. The van der Waals surface area contributed by atoms with Gasteiger partial charge < -0.3 is 5.32 Å². The second-order valence-electron chi connectivity index (χ2n) is 6.58. The molecule has 1 aromatic carbocycles. The molecule has 8 heteroatoms. The normalized spacial score (nSPS) is 10.7. The molecule has 4 rings (SSSR count). The minimum absolute atomic E-state index is 0.222. The molecular weight excluding hydrogens is 398 g/mol. The summed E-state index contributed by atoms with van der Waals surface area (Å²) in [5.41, 5.74) is 2.84. The standard InChI is InChI=1S/C22H19N5O2S/c1-15-20(30-22(25-15)16-6-3-2-4-7-16)18-9-10-19(28)27(26-18)13-12-24-21(29)17-8-5-11-23-14-17/h2-11,14H,12-13H2,1H3,(H,24,29). The van der Waals surface area contributed by atoms with E-state index in [2.05, 4.69) is 20.4 Å². The van der Waals surface area contributed by atoms with Gasteiger partial charge in [-0.3, -0.25) is 14.6 Å². The maximum atomic E-state index is 12.2. The molecule has 7 nitrogen and oxygen atoms in total. The summed E-state index contributed by atoms with van der Waals surface area (Å²) in [5.74, 6) is -0.238. The Morgan fingerprint density at radius 1 is 1.10 bits per heavy atom. The molecule has 0 atom stereocenters. The molecule has 0 bridgehead atoms. The second-order valence-corrected chi connectivity index (χ2v) is 7.58. The number of nitrogens with one attached hydrogen (secondary N) is 1. The minimum Gasteiger partial charge on any atom is -0.350 e. The lowest BCUT2D eigenvalue weighted by Crippen LogP contribution is -2.32. The molecule has 0 saturated heterocycles.